The summed E-state index contributed by atoms with van der Waals surface area (Å²) < 4.78 is 4.30. The Kier molecular flexibility index (Phi) is 7.50. The molecule has 0 aromatic rings. The minimum Gasteiger partial charge on any atom is -0.467 e. The summed E-state index contributed by atoms with van der Waals surface area (Å²) in [6, 6.07) is -1.61. The number of nitrogens with two attached hydrogens (primary N) is 1. The summed E-state index contributed by atoms with van der Waals surface area (Å²) in [6.07, 6.45) is -1.05. The van der Waals surface area contributed by atoms with Gasteiger partial charge < -0.3 is 26.2 Å². The Morgan fingerprint density at radius 1 is 1.32 bits per heavy atom. The van der Waals surface area contributed by atoms with Crippen LogP contribution >= 0.6 is 0 Å². The minimum absolute atomic E-state index is 0.160. The lowest BCUT2D eigenvalue weighted by Crippen LogP contribution is -2.51. The van der Waals surface area contributed by atoms with Crippen LogP contribution in [0.1, 0.15) is 20.3 Å². The summed E-state index contributed by atoms with van der Waals surface area (Å²) in [5, 5.41) is 14.0. The SMILES string of the molecule is COC(=O)C(O)CNC(=O)C(CC(C)C)NC(N)=O. The molecule has 5 N–H and O–H groups in total. The predicted octanol–water partition coefficient (Wildman–Crippen LogP) is -1.28. The zero-order valence-electron chi connectivity index (χ0n) is 11.3. The number of carbonyl (C=O) groups is 3. The third kappa shape index (κ3) is 7.24. The van der Waals surface area contributed by atoms with Gasteiger partial charge in [0, 0.05) is 0 Å². The zero-order chi connectivity index (χ0) is 15.0. The molecule has 0 aliphatic rings. The largest absolute Gasteiger partial charge is 0.467 e. The number of ether oxygens (including phenoxy) is 1. The molecule has 0 saturated carbocycles. The zero-order valence-corrected chi connectivity index (χ0v) is 11.3. The number of rotatable bonds is 7. The van der Waals surface area contributed by atoms with E-state index < -0.39 is 30.1 Å². The van der Waals surface area contributed by atoms with E-state index in [0.29, 0.717) is 6.42 Å². The van der Waals surface area contributed by atoms with E-state index in [1.54, 1.807) is 0 Å². The van der Waals surface area contributed by atoms with Gasteiger partial charge in [0.1, 0.15) is 6.04 Å². The van der Waals surface area contributed by atoms with Gasteiger partial charge in [0.05, 0.1) is 13.7 Å². The fourth-order valence-electron chi connectivity index (χ4n) is 1.41. The molecular formula is C11H21N3O5. The Balaban J connectivity index is 4.39. The molecule has 0 heterocycles. The lowest BCUT2D eigenvalue weighted by atomic mass is 10.0. The van der Waals surface area contributed by atoms with Crippen molar-refractivity contribution < 1.29 is 24.2 Å². The van der Waals surface area contributed by atoms with Crippen molar-refractivity contribution in [1.29, 1.82) is 0 Å². The second kappa shape index (κ2) is 8.30. The molecular weight excluding hydrogens is 254 g/mol. The quantitative estimate of drug-likeness (QED) is 0.430. The van der Waals surface area contributed by atoms with Gasteiger partial charge in [-0.2, -0.15) is 0 Å². The Morgan fingerprint density at radius 2 is 1.89 bits per heavy atom. The molecule has 0 fully saturated rings. The van der Waals surface area contributed by atoms with Gasteiger partial charge in [-0.25, -0.2) is 9.59 Å². The average molecular weight is 275 g/mol. The highest BCUT2D eigenvalue weighted by Gasteiger charge is 2.23. The number of amides is 3. The van der Waals surface area contributed by atoms with Gasteiger partial charge in [0.15, 0.2) is 6.10 Å². The van der Waals surface area contributed by atoms with E-state index in [1.807, 2.05) is 13.8 Å². The van der Waals surface area contributed by atoms with Crippen LogP contribution in [0.4, 0.5) is 4.79 Å². The van der Waals surface area contributed by atoms with Crippen molar-refractivity contribution >= 4 is 17.9 Å². The first-order valence-electron chi connectivity index (χ1n) is 5.87. The van der Waals surface area contributed by atoms with E-state index in [2.05, 4.69) is 15.4 Å². The molecule has 0 radical (unpaired) electrons. The maximum Gasteiger partial charge on any atom is 0.336 e. The van der Waals surface area contributed by atoms with Crippen LogP contribution in [0.2, 0.25) is 0 Å². The Bertz CT molecular complexity index is 332. The fraction of sp³-hybridized carbons (Fsp3) is 0.727. The van der Waals surface area contributed by atoms with Gasteiger partial charge in [0.25, 0.3) is 0 Å². The molecule has 0 aliphatic heterocycles. The molecule has 3 amide bonds. The van der Waals surface area contributed by atoms with E-state index in [4.69, 9.17) is 5.73 Å². The van der Waals surface area contributed by atoms with Crippen molar-refractivity contribution in [2.45, 2.75) is 32.4 Å². The molecule has 2 atom stereocenters. The molecule has 8 heteroatoms. The second-order valence-electron chi connectivity index (χ2n) is 4.47. The minimum atomic E-state index is -1.44. The Morgan fingerprint density at radius 3 is 2.32 bits per heavy atom. The van der Waals surface area contributed by atoms with Crippen molar-refractivity contribution in [2.24, 2.45) is 11.7 Å². The maximum absolute atomic E-state index is 11.8. The maximum atomic E-state index is 11.8. The van der Waals surface area contributed by atoms with Crippen molar-refractivity contribution in [3.63, 3.8) is 0 Å². The van der Waals surface area contributed by atoms with E-state index >= 15 is 0 Å². The van der Waals surface area contributed by atoms with Crippen LogP contribution < -0.4 is 16.4 Å². The number of esters is 1. The lowest BCUT2D eigenvalue weighted by molar-refractivity contribution is -0.150. The van der Waals surface area contributed by atoms with Gasteiger partial charge in [-0.15, -0.1) is 0 Å². The molecule has 2 unspecified atom stereocenters. The van der Waals surface area contributed by atoms with Crippen LogP contribution in [-0.4, -0.2) is 48.8 Å². The van der Waals surface area contributed by atoms with Gasteiger partial charge in [-0.1, -0.05) is 13.8 Å². The van der Waals surface area contributed by atoms with Crippen LogP contribution in [0.15, 0.2) is 0 Å². The Hall–Kier alpha value is -1.83. The molecule has 0 aliphatic carbocycles. The van der Waals surface area contributed by atoms with Gasteiger partial charge in [-0.3, -0.25) is 4.79 Å². The van der Waals surface area contributed by atoms with Crippen molar-refractivity contribution in [1.82, 2.24) is 10.6 Å². The van der Waals surface area contributed by atoms with E-state index in [9.17, 15) is 19.5 Å². The van der Waals surface area contributed by atoms with Gasteiger partial charge in [-0.05, 0) is 12.3 Å². The predicted molar refractivity (Wildman–Crippen MR) is 67.0 cm³/mol. The normalized spacial score (nSPS) is 13.5. The number of methoxy groups -OCH3 is 1. The van der Waals surface area contributed by atoms with E-state index in [0.717, 1.165) is 7.11 Å². The second-order valence-corrected chi connectivity index (χ2v) is 4.47. The highest BCUT2D eigenvalue weighted by Crippen LogP contribution is 2.04. The number of primary amides is 1. The topological polar surface area (TPSA) is 131 Å². The summed E-state index contributed by atoms with van der Waals surface area (Å²) in [5.74, 6) is -1.20. The summed E-state index contributed by atoms with van der Waals surface area (Å²) in [7, 11) is 1.13. The van der Waals surface area contributed by atoms with Gasteiger partial charge >= 0.3 is 12.0 Å². The average Bonchev–Trinajstić information content (AvgIpc) is 2.32. The molecule has 0 aromatic heterocycles. The van der Waals surface area contributed by atoms with E-state index in [-0.39, 0.29) is 12.5 Å². The first-order chi connectivity index (χ1) is 8.77. The van der Waals surface area contributed by atoms with Crippen LogP contribution in [-0.2, 0) is 14.3 Å². The number of urea groups is 1. The highest BCUT2D eigenvalue weighted by atomic mass is 16.5. The summed E-state index contributed by atoms with van der Waals surface area (Å²) in [6.45, 7) is 3.47. The first-order valence-corrected chi connectivity index (χ1v) is 5.87. The monoisotopic (exact) mass is 275 g/mol. The molecule has 0 bridgehead atoms. The van der Waals surface area contributed by atoms with Crippen molar-refractivity contribution in [2.75, 3.05) is 13.7 Å². The van der Waals surface area contributed by atoms with Crippen LogP contribution in [0.25, 0.3) is 0 Å². The first kappa shape index (κ1) is 17.2. The smallest absolute Gasteiger partial charge is 0.336 e. The Labute approximate surface area is 111 Å². The third-order valence-corrected chi connectivity index (χ3v) is 2.28. The van der Waals surface area contributed by atoms with Crippen molar-refractivity contribution in [3.8, 4) is 0 Å². The third-order valence-electron chi connectivity index (χ3n) is 2.28. The number of nitrogens with one attached hydrogen (secondary N) is 2. The molecule has 8 nitrogen and oxygen atoms in total. The molecule has 0 rings (SSSR count). The lowest BCUT2D eigenvalue weighted by Gasteiger charge is -2.19. The summed E-state index contributed by atoms with van der Waals surface area (Å²) >= 11 is 0. The highest BCUT2D eigenvalue weighted by molar-refractivity contribution is 5.87. The number of hydrogen-bond acceptors (Lipinski definition) is 5. The van der Waals surface area contributed by atoms with Crippen LogP contribution in [0.3, 0.4) is 0 Å². The van der Waals surface area contributed by atoms with Crippen molar-refractivity contribution in [3.05, 3.63) is 0 Å². The standard InChI is InChI=1S/C11H21N3O5/c1-6(2)4-7(14-11(12)18)9(16)13-5-8(15)10(17)19-3/h6-8,15H,4-5H2,1-3H3,(H,13,16)(H3,12,14,18). The number of aliphatic hydroxyl groups is 1. The number of hydrogen-bond donors (Lipinski definition) is 4. The molecule has 0 aromatic carbocycles. The molecule has 0 saturated heterocycles. The number of aliphatic hydroxyl groups excluding tert-OH is 1. The molecule has 19 heavy (non-hydrogen) atoms. The number of carbonyl (C=O) groups excluding carboxylic acids is 3. The van der Waals surface area contributed by atoms with E-state index in [1.165, 1.54) is 0 Å². The molecule has 0 spiro atoms. The van der Waals surface area contributed by atoms with Crippen LogP contribution in [0.5, 0.6) is 0 Å². The molecule has 110 valence electrons. The summed E-state index contributed by atoms with van der Waals surface area (Å²) in [5.41, 5.74) is 4.98. The van der Waals surface area contributed by atoms with Crippen LogP contribution in [0, 0.1) is 5.92 Å². The summed E-state index contributed by atoms with van der Waals surface area (Å²) in [4.78, 5) is 33.5. The van der Waals surface area contributed by atoms with Gasteiger partial charge in [0.2, 0.25) is 5.91 Å². The fourth-order valence-corrected chi connectivity index (χ4v) is 1.41.